The van der Waals surface area contributed by atoms with E-state index in [4.69, 9.17) is 13.8 Å². The predicted molar refractivity (Wildman–Crippen MR) is 321 cm³/mol. The third-order valence-electron chi connectivity index (χ3n) is 14.9. The second-order valence-electron chi connectivity index (χ2n) is 23.6. The number of esters is 1. The van der Waals surface area contributed by atoms with Crippen molar-refractivity contribution in [2.45, 2.75) is 341 Å². The lowest BCUT2D eigenvalue weighted by atomic mass is 10.0. The lowest BCUT2D eigenvalue weighted by Crippen LogP contribution is -2.47. The Kier molecular flexibility index (Phi) is 54.7. The molecule has 0 aliphatic carbocycles. The number of ether oxygens (including phenoxy) is 1. The molecule has 0 rings (SSSR count). The Hall–Kier alpha value is -1.51. The minimum absolute atomic E-state index is 0.0200. The fourth-order valence-electron chi connectivity index (χ4n) is 9.80. The molecule has 10 heteroatoms. The Morgan fingerprint density at radius 3 is 1.17 bits per heavy atom. The van der Waals surface area contributed by atoms with Gasteiger partial charge in [0.15, 0.2) is 0 Å². The molecule has 3 unspecified atom stereocenters. The van der Waals surface area contributed by atoms with Gasteiger partial charge in [0.2, 0.25) is 5.91 Å². The van der Waals surface area contributed by atoms with Gasteiger partial charge in [-0.3, -0.25) is 14.2 Å². The van der Waals surface area contributed by atoms with Crippen molar-refractivity contribution in [3.63, 3.8) is 0 Å². The van der Waals surface area contributed by atoms with E-state index in [9.17, 15) is 19.0 Å². The molecule has 1 N–H and O–H groups in total. The molecular weight excluding hydrogens is 952 g/mol. The van der Waals surface area contributed by atoms with Gasteiger partial charge in [0.05, 0.1) is 33.8 Å². The molecule has 0 saturated carbocycles. The van der Waals surface area contributed by atoms with Crippen LogP contribution < -0.4 is 10.2 Å². The first kappa shape index (κ1) is 73.5. The van der Waals surface area contributed by atoms with Gasteiger partial charge in [-0.1, -0.05) is 289 Å². The number of amides is 1. The van der Waals surface area contributed by atoms with E-state index in [1.165, 1.54) is 212 Å². The SMILES string of the molecule is CCCC/C=C\CCCCCCCC(=O)OC(/C=C/CCCCCCCCCCCCC)C(COP(=O)([O-])OCC[N+](C)(C)C)NC(=O)CCCCCCCCCCCCCCCCCCCCCCCCCCC. The van der Waals surface area contributed by atoms with Gasteiger partial charge in [0.25, 0.3) is 7.82 Å². The maximum absolute atomic E-state index is 13.5. The number of nitrogens with one attached hydrogen (secondary N) is 1. The van der Waals surface area contributed by atoms with Crippen molar-refractivity contribution >= 4 is 19.7 Å². The molecule has 0 aromatic carbocycles. The summed E-state index contributed by atoms with van der Waals surface area (Å²) >= 11 is 0. The molecule has 0 bridgehead atoms. The Balaban J connectivity index is 5.01. The molecular formula is C65H127N2O7P. The molecule has 444 valence electrons. The smallest absolute Gasteiger partial charge is 0.306 e. The topological polar surface area (TPSA) is 114 Å². The van der Waals surface area contributed by atoms with E-state index >= 15 is 0 Å². The quantitative estimate of drug-likeness (QED) is 0.0212. The van der Waals surface area contributed by atoms with E-state index in [1.54, 1.807) is 0 Å². The van der Waals surface area contributed by atoms with Crippen LogP contribution in [0.3, 0.4) is 0 Å². The summed E-state index contributed by atoms with van der Waals surface area (Å²) in [6, 6.07) is -0.885. The number of phosphoric acid groups is 1. The maximum atomic E-state index is 13.5. The third-order valence-corrected chi connectivity index (χ3v) is 15.8. The van der Waals surface area contributed by atoms with Crippen LogP contribution in [0.2, 0.25) is 0 Å². The highest BCUT2D eigenvalue weighted by molar-refractivity contribution is 7.45. The summed E-state index contributed by atoms with van der Waals surface area (Å²) in [5, 5.41) is 3.04. The first-order valence-electron chi connectivity index (χ1n) is 32.6. The number of hydrogen-bond donors (Lipinski definition) is 1. The Labute approximate surface area is 466 Å². The lowest BCUT2D eigenvalue weighted by molar-refractivity contribution is -0.870. The van der Waals surface area contributed by atoms with Gasteiger partial charge in [-0.25, -0.2) is 0 Å². The number of phosphoric ester groups is 1. The van der Waals surface area contributed by atoms with Crippen molar-refractivity contribution < 1.29 is 37.3 Å². The summed E-state index contributed by atoms with van der Waals surface area (Å²) in [5.41, 5.74) is 0. The summed E-state index contributed by atoms with van der Waals surface area (Å²) in [6.07, 6.45) is 65.9. The molecule has 0 heterocycles. The fourth-order valence-corrected chi connectivity index (χ4v) is 10.5. The Bertz CT molecular complexity index is 1340. The van der Waals surface area contributed by atoms with Crippen LogP contribution in [0.5, 0.6) is 0 Å². The van der Waals surface area contributed by atoms with Gasteiger partial charge in [0.1, 0.15) is 19.3 Å². The van der Waals surface area contributed by atoms with E-state index in [-0.39, 0.29) is 31.5 Å². The second-order valence-corrected chi connectivity index (χ2v) is 25.0. The summed E-state index contributed by atoms with van der Waals surface area (Å²) in [5.74, 6) is -0.536. The van der Waals surface area contributed by atoms with Gasteiger partial charge >= 0.3 is 5.97 Å². The molecule has 75 heavy (non-hydrogen) atoms. The van der Waals surface area contributed by atoms with Crippen molar-refractivity contribution in [3.05, 3.63) is 24.3 Å². The number of rotatable bonds is 60. The zero-order chi connectivity index (χ0) is 55.0. The van der Waals surface area contributed by atoms with Crippen molar-refractivity contribution in [1.82, 2.24) is 5.32 Å². The van der Waals surface area contributed by atoms with Crippen molar-refractivity contribution in [3.8, 4) is 0 Å². The average Bonchev–Trinajstić information content (AvgIpc) is 3.37. The van der Waals surface area contributed by atoms with E-state index in [1.807, 2.05) is 33.3 Å². The molecule has 1 amide bonds. The lowest BCUT2D eigenvalue weighted by Gasteiger charge is -2.30. The van der Waals surface area contributed by atoms with Crippen LogP contribution in [0.15, 0.2) is 24.3 Å². The molecule has 0 saturated heterocycles. The second kappa shape index (κ2) is 55.8. The van der Waals surface area contributed by atoms with Gasteiger partial charge in [-0.05, 0) is 51.0 Å². The number of carbonyl (C=O) groups is 2. The minimum Gasteiger partial charge on any atom is -0.756 e. The number of hydrogen-bond acceptors (Lipinski definition) is 7. The molecule has 0 spiro atoms. The van der Waals surface area contributed by atoms with E-state index < -0.39 is 20.0 Å². The number of unbranched alkanes of at least 4 members (excludes halogenated alkanes) is 42. The van der Waals surface area contributed by atoms with Crippen molar-refractivity contribution in [1.29, 1.82) is 0 Å². The zero-order valence-corrected chi connectivity index (χ0v) is 51.7. The first-order chi connectivity index (χ1) is 36.4. The highest BCUT2D eigenvalue weighted by atomic mass is 31.2. The van der Waals surface area contributed by atoms with Crippen LogP contribution in [0.1, 0.15) is 329 Å². The molecule has 0 aliphatic rings. The first-order valence-corrected chi connectivity index (χ1v) is 34.1. The number of allylic oxidation sites excluding steroid dienone is 3. The van der Waals surface area contributed by atoms with Crippen LogP contribution in [-0.4, -0.2) is 69.4 Å². The summed E-state index contributed by atoms with van der Waals surface area (Å²) < 4.78 is 30.3. The van der Waals surface area contributed by atoms with Crippen LogP contribution in [0, 0.1) is 0 Å². The van der Waals surface area contributed by atoms with Gasteiger partial charge < -0.3 is 28.5 Å². The maximum Gasteiger partial charge on any atom is 0.306 e. The summed E-state index contributed by atoms with van der Waals surface area (Å²) in [4.78, 5) is 39.9. The summed E-state index contributed by atoms with van der Waals surface area (Å²) in [7, 11) is 1.20. The molecule has 9 nitrogen and oxygen atoms in total. The predicted octanol–water partition coefficient (Wildman–Crippen LogP) is 19.5. The molecule has 3 atom stereocenters. The molecule has 0 aromatic heterocycles. The Morgan fingerprint density at radius 1 is 0.453 bits per heavy atom. The highest BCUT2D eigenvalue weighted by Gasteiger charge is 2.27. The van der Waals surface area contributed by atoms with E-state index in [0.717, 1.165) is 83.5 Å². The normalized spacial score (nSPS) is 13.7. The molecule has 0 radical (unpaired) electrons. The van der Waals surface area contributed by atoms with E-state index in [2.05, 4.69) is 38.2 Å². The van der Waals surface area contributed by atoms with Crippen molar-refractivity contribution in [2.24, 2.45) is 0 Å². The van der Waals surface area contributed by atoms with Gasteiger partial charge in [-0.2, -0.15) is 0 Å². The van der Waals surface area contributed by atoms with E-state index in [0.29, 0.717) is 17.4 Å². The van der Waals surface area contributed by atoms with Gasteiger partial charge in [-0.15, -0.1) is 0 Å². The monoisotopic (exact) mass is 1080 g/mol. The zero-order valence-electron chi connectivity index (χ0n) is 50.8. The molecule has 0 aromatic rings. The molecule has 0 aliphatic heterocycles. The van der Waals surface area contributed by atoms with Crippen molar-refractivity contribution in [2.75, 3.05) is 40.9 Å². The number of quaternary nitrogens is 1. The Morgan fingerprint density at radius 2 is 0.787 bits per heavy atom. The average molecular weight is 1080 g/mol. The highest BCUT2D eigenvalue weighted by Crippen LogP contribution is 2.38. The number of likely N-dealkylation sites (N-methyl/N-ethyl adjacent to an activating group) is 1. The van der Waals surface area contributed by atoms with Gasteiger partial charge in [0, 0.05) is 12.8 Å². The fraction of sp³-hybridized carbons (Fsp3) is 0.908. The number of carbonyl (C=O) groups excluding carboxylic acids is 2. The van der Waals surface area contributed by atoms with Crippen LogP contribution in [0.4, 0.5) is 0 Å². The largest absolute Gasteiger partial charge is 0.756 e. The third kappa shape index (κ3) is 57.0. The minimum atomic E-state index is -4.69. The number of nitrogens with zero attached hydrogens (tertiary/aromatic N) is 1. The molecule has 0 fully saturated rings. The standard InChI is InChI=1S/C65H127N2O7P/c1-7-10-13-16-19-22-25-27-28-29-30-31-32-33-34-35-36-37-38-40-43-45-48-51-54-57-64(68)66-62(61-73-75(70,71)72-60-59-67(4,5)6)63(56-53-50-47-44-42-39-26-23-20-17-14-11-8-2)74-65(69)58-55-52-49-46-41-24-21-18-15-12-9-3/h18,21,53,56,62-63H,7-17,19-20,22-52,54-55,57-61H2,1-6H3,(H-,66,68,70,71)/b21-18-,56-53+. The van der Waals surface area contributed by atoms with Crippen LogP contribution in [0.25, 0.3) is 0 Å². The summed E-state index contributed by atoms with van der Waals surface area (Å²) in [6.45, 7) is 6.85. The van der Waals surface area contributed by atoms with Crippen LogP contribution >= 0.6 is 7.82 Å². The van der Waals surface area contributed by atoms with Crippen LogP contribution in [-0.2, 0) is 27.9 Å².